The molecule has 3 atom stereocenters. The zero-order valence-electron chi connectivity index (χ0n) is 35.6. The molecule has 10 heteroatoms. The highest BCUT2D eigenvalue weighted by atomic mass is 31.2. The van der Waals surface area contributed by atoms with E-state index >= 15 is 0 Å². The van der Waals surface area contributed by atoms with E-state index < -0.39 is 45.8 Å². The summed E-state index contributed by atoms with van der Waals surface area (Å²) >= 11 is 0. The van der Waals surface area contributed by atoms with Crippen LogP contribution in [0.4, 0.5) is 0 Å². The first-order valence-electron chi connectivity index (χ1n) is 22.3. The molecule has 326 valence electrons. The van der Waals surface area contributed by atoms with Gasteiger partial charge in [-0.15, -0.1) is 0 Å². The maximum absolute atomic E-state index is 12.6. The van der Waals surface area contributed by atoms with Crippen LogP contribution in [0.5, 0.6) is 0 Å². The molecule has 0 spiro atoms. The highest BCUT2D eigenvalue weighted by Crippen LogP contribution is 2.43. The number of rotatable bonds is 42. The molecule has 0 heterocycles. The Morgan fingerprint density at radius 3 is 1.50 bits per heavy atom. The van der Waals surface area contributed by atoms with E-state index in [9.17, 15) is 19.4 Å². The van der Waals surface area contributed by atoms with Gasteiger partial charge in [0.25, 0.3) is 0 Å². The van der Waals surface area contributed by atoms with Gasteiger partial charge in [0, 0.05) is 13.0 Å². The normalized spacial score (nSPS) is 14.6. The Morgan fingerprint density at radius 2 is 1.02 bits per heavy atom. The van der Waals surface area contributed by atoms with Gasteiger partial charge in [-0.3, -0.25) is 13.8 Å². The predicted molar refractivity (Wildman–Crippen MR) is 233 cm³/mol. The van der Waals surface area contributed by atoms with E-state index in [1.807, 2.05) is 0 Å². The van der Waals surface area contributed by atoms with Gasteiger partial charge >= 0.3 is 13.8 Å². The molecule has 0 aliphatic carbocycles. The first-order valence-corrected chi connectivity index (χ1v) is 23.8. The van der Waals surface area contributed by atoms with Crippen LogP contribution in [0.3, 0.4) is 0 Å². The molecule has 0 aromatic heterocycles. The number of unbranched alkanes of at least 4 members (excludes halogenated alkanes) is 18. The van der Waals surface area contributed by atoms with Crippen LogP contribution in [0, 0.1) is 0 Å². The fraction of sp³-hybridized carbons (Fsp3) is 0.761. The van der Waals surface area contributed by atoms with Crippen LogP contribution in [0.1, 0.15) is 181 Å². The topological polar surface area (TPSA) is 132 Å². The largest absolute Gasteiger partial charge is 0.472 e. The van der Waals surface area contributed by atoms with E-state index in [-0.39, 0.29) is 13.0 Å². The van der Waals surface area contributed by atoms with E-state index in [0.29, 0.717) is 6.61 Å². The van der Waals surface area contributed by atoms with Gasteiger partial charge in [0.05, 0.1) is 26.4 Å². The molecule has 0 aromatic carbocycles. The molecule has 0 bridgehead atoms. The summed E-state index contributed by atoms with van der Waals surface area (Å²) in [6.45, 7) is 3.30. The predicted octanol–water partition coefficient (Wildman–Crippen LogP) is 12.4. The Labute approximate surface area is 342 Å². The lowest BCUT2D eigenvalue weighted by atomic mass is 10.0. The van der Waals surface area contributed by atoms with Crippen molar-refractivity contribution in [1.29, 1.82) is 0 Å². The molecule has 3 N–H and O–H groups in total. The van der Waals surface area contributed by atoms with E-state index in [1.54, 1.807) is 0 Å². The van der Waals surface area contributed by atoms with Gasteiger partial charge < -0.3 is 24.6 Å². The van der Waals surface area contributed by atoms with Gasteiger partial charge in [0.1, 0.15) is 12.2 Å². The molecular formula is C46H83O9P. The number of hydrogen-bond donors (Lipinski definition) is 3. The van der Waals surface area contributed by atoms with Crippen LogP contribution in [0.25, 0.3) is 0 Å². The molecule has 9 nitrogen and oxygen atoms in total. The molecular weight excluding hydrogens is 727 g/mol. The summed E-state index contributed by atoms with van der Waals surface area (Å²) in [6.07, 6.45) is 49.0. The fourth-order valence-corrected chi connectivity index (χ4v) is 6.64. The number of aliphatic hydroxyl groups excluding tert-OH is 2. The quantitative estimate of drug-likeness (QED) is 0.0239. The van der Waals surface area contributed by atoms with Crippen molar-refractivity contribution in [2.45, 2.75) is 193 Å². The maximum Gasteiger partial charge on any atom is 0.472 e. The van der Waals surface area contributed by atoms with Crippen LogP contribution in [0.2, 0.25) is 0 Å². The summed E-state index contributed by atoms with van der Waals surface area (Å²) in [7, 11) is -4.53. The lowest BCUT2D eigenvalue weighted by Crippen LogP contribution is -2.29. The number of phosphoric ester groups is 1. The van der Waals surface area contributed by atoms with Crippen molar-refractivity contribution in [3.05, 3.63) is 60.8 Å². The molecule has 3 unspecified atom stereocenters. The van der Waals surface area contributed by atoms with Gasteiger partial charge in [0.15, 0.2) is 0 Å². The Balaban J connectivity index is 4.23. The molecule has 0 aromatic rings. The van der Waals surface area contributed by atoms with Gasteiger partial charge in [-0.2, -0.15) is 0 Å². The summed E-state index contributed by atoms with van der Waals surface area (Å²) in [4.78, 5) is 22.6. The highest BCUT2D eigenvalue weighted by Gasteiger charge is 2.26. The Kier molecular flexibility index (Phi) is 41.4. The molecule has 0 rings (SSSR count). The van der Waals surface area contributed by atoms with Crippen LogP contribution in [0.15, 0.2) is 60.8 Å². The van der Waals surface area contributed by atoms with Crippen LogP contribution < -0.4 is 0 Å². The van der Waals surface area contributed by atoms with Gasteiger partial charge in [-0.1, -0.05) is 177 Å². The van der Waals surface area contributed by atoms with Crippen molar-refractivity contribution < 1.29 is 43.0 Å². The summed E-state index contributed by atoms with van der Waals surface area (Å²) < 4.78 is 33.3. The summed E-state index contributed by atoms with van der Waals surface area (Å²) in [5.74, 6) is -0.397. The Hall–Kier alpha value is -1.84. The van der Waals surface area contributed by atoms with Gasteiger partial charge in [-0.25, -0.2) is 4.57 Å². The number of esters is 1. The summed E-state index contributed by atoms with van der Waals surface area (Å²) in [5.41, 5.74) is 0. The molecule has 0 aliphatic rings. The number of phosphoric acid groups is 1. The molecule has 0 aliphatic heterocycles. The minimum Gasteiger partial charge on any atom is -0.457 e. The number of carbonyl (C=O) groups excluding carboxylic acids is 1. The minimum absolute atomic E-state index is 0.0196. The minimum atomic E-state index is -4.53. The van der Waals surface area contributed by atoms with Crippen molar-refractivity contribution in [2.75, 3.05) is 33.0 Å². The van der Waals surface area contributed by atoms with Gasteiger partial charge in [-0.05, 0) is 57.8 Å². The molecule has 0 amide bonds. The first kappa shape index (κ1) is 54.2. The number of allylic oxidation sites excluding steroid dienone is 10. The third kappa shape index (κ3) is 41.8. The molecule has 0 saturated carbocycles. The van der Waals surface area contributed by atoms with E-state index in [1.165, 1.54) is 89.9 Å². The molecule has 0 radical (unpaired) electrons. The lowest BCUT2D eigenvalue weighted by Gasteiger charge is -2.20. The number of carbonyl (C=O) groups is 1. The monoisotopic (exact) mass is 811 g/mol. The molecule has 0 fully saturated rings. The van der Waals surface area contributed by atoms with Crippen molar-refractivity contribution in [2.24, 2.45) is 0 Å². The van der Waals surface area contributed by atoms with E-state index in [2.05, 4.69) is 74.6 Å². The van der Waals surface area contributed by atoms with E-state index in [0.717, 1.165) is 70.6 Å². The second-order valence-corrected chi connectivity index (χ2v) is 16.1. The Morgan fingerprint density at radius 1 is 0.571 bits per heavy atom. The Bertz CT molecular complexity index is 1060. The lowest BCUT2D eigenvalue weighted by molar-refractivity contribution is -0.154. The van der Waals surface area contributed by atoms with Crippen molar-refractivity contribution in [3.63, 3.8) is 0 Å². The summed E-state index contributed by atoms with van der Waals surface area (Å²) in [5, 5.41) is 18.4. The average molecular weight is 811 g/mol. The number of hydrogen-bond acceptors (Lipinski definition) is 8. The van der Waals surface area contributed by atoms with Crippen molar-refractivity contribution in [3.8, 4) is 0 Å². The third-order valence-electron chi connectivity index (χ3n) is 9.22. The van der Waals surface area contributed by atoms with Crippen LogP contribution >= 0.6 is 7.82 Å². The number of ether oxygens (including phenoxy) is 2. The van der Waals surface area contributed by atoms with E-state index in [4.69, 9.17) is 23.6 Å². The zero-order valence-corrected chi connectivity index (χ0v) is 36.5. The summed E-state index contributed by atoms with van der Waals surface area (Å²) in [6, 6.07) is 0. The smallest absolute Gasteiger partial charge is 0.457 e. The van der Waals surface area contributed by atoms with Crippen molar-refractivity contribution in [1.82, 2.24) is 0 Å². The van der Waals surface area contributed by atoms with Crippen LogP contribution in [-0.4, -0.2) is 66.3 Å². The van der Waals surface area contributed by atoms with Crippen LogP contribution in [-0.2, 0) is 27.9 Å². The fourth-order valence-electron chi connectivity index (χ4n) is 5.85. The van der Waals surface area contributed by atoms with Gasteiger partial charge in [0.2, 0.25) is 0 Å². The zero-order chi connectivity index (χ0) is 41.1. The molecule has 56 heavy (non-hydrogen) atoms. The third-order valence-corrected chi connectivity index (χ3v) is 10.2. The first-order chi connectivity index (χ1) is 27.3. The standard InChI is InChI=1S/C46H83O9P/c1-3-5-7-9-11-13-15-17-19-21-23-25-27-29-31-33-35-37-39-52-42-45(43-54-56(50,51)53-41-44(48)40-47)55-46(49)38-36-34-32-30-28-26-24-22-20-18-16-14-12-10-8-6-4-2/h5,7,11,13,17,19,23,25,29,31,44-45,47-48H,3-4,6,8-10,12,14-16,18,20-22,24,26-28,30,32-43H2,1-2H3,(H,50,51)/b7-5-,13-11-,19-17-,25-23-,31-29-. The average Bonchev–Trinajstić information content (AvgIpc) is 3.19. The highest BCUT2D eigenvalue weighted by molar-refractivity contribution is 7.47. The number of aliphatic hydroxyl groups is 2. The second kappa shape index (κ2) is 42.8. The van der Waals surface area contributed by atoms with Crippen molar-refractivity contribution >= 4 is 13.8 Å². The maximum atomic E-state index is 12.6. The second-order valence-electron chi connectivity index (χ2n) is 14.7. The SMILES string of the molecule is CC/C=C\C/C=C\C/C=C\C/C=C\C/C=C\CCCCOCC(COP(=O)(O)OCC(O)CO)OC(=O)CCCCCCCCCCCCCCCCCCC. The molecule has 0 saturated heterocycles.